The molecule has 3 atom stereocenters. The van der Waals surface area contributed by atoms with Crippen LogP contribution in [-0.2, 0) is 18.6 Å². The van der Waals surface area contributed by atoms with E-state index in [2.05, 4.69) is 24.8 Å². The molecule has 5 N–H and O–H groups in total. The standard InChI is InChI=1S/C12H16N5O8P/c1-5(18)14-12-15-10-9(11(20)16-12)13-4-17(10)8-2-6(19)7(25-8)3-24-26(21,22)23/h4,6-8,19H,2-3H2,1H3,(H2,21,22,23)(H2,14,15,16,18,20)/t6-,7+,8+/m0/s1. The Hall–Kier alpha value is -2.15. The number of phosphoric ester groups is 1. The van der Waals surface area contributed by atoms with Gasteiger partial charge in [0.15, 0.2) is 11.2 Å². The normalized spacial score (nSPS) is 23.5. The van der Waals surface area contributed by atoms with Gasteiger partial charge in [0.2, 0.25) is 11.9 Å². The minimum absolute atomic E-state index is 0.00658. The van der Waals surface area contributed by atoms with E-state index in [9.17, 15) is 19.3 Å². The highest BCUT2D eigenvalue weighted by atomic mass is 31.2. The van der Waals surface area contributed by atoms with E-state index in [0.717, 1.165) is 0 Å². The summed E-state index contributed by atoms with van der Waals surface area (Å²) < 4.78 is 22.1. The molecule has 0 unspecified atom stereocenters. The lowest BCUT2D eigenvalue weighted by atomic mass is 10.2. The van der Waals surface area contributed by atoms with E-state index in [1.807, 2.05) is 0 Å². The zero-order chi connectivity index (χ0) is 19.1. The highest BCUT2D eigenvalue weighted by molar-refractivity contribution is 7.46. The summed E-state index contributed by atoms with van der Waals surface area (Å²) in [7, 11) is -4.70. The van der Waals surface area contributed by atoms with Gasteiger partial charge >= 0.3 is 7.82 Å². The van der Waals surface area contributed by atoms with Crippen molar-refractivity contribution >= 4 is 30.8 Å². The third-order valence-electron chi connectivity index (χ3n) is 3.65. The molecule has 2 aromatic rings. The second kappa shape index (κ2) is 6.87. The Morgan fingerprint density at radius 2 is 2.31 bits per heavy atom. The Morgan fingerprint density at radius 3 is 2.96 bits per heavy atom. The average Bonchev–Trinajstić information content (AvgIpc) is 3.07. The van der Waals surface area contributed by atoms with Gasteiger partial charge in [-0.15, -0.1) is 0 Å². The van der Waals surface area contributed by atoms with Crippen LogP contribution in [0.1, 0.15) is 19.6 Å². The Morgan fingerprint density at radius 1 is 1.58 bits per heavy atom. The van der Waals surface area contributed by atoms with Crippen molar-refractivity contribution in [1.29, 1.82) is 0 Å². The Balaban J connectivity index is 1.86. The number of H-pyrrole nitrogens is 1. The molecule has 13 nitrogen and oxygen atoms in total. The highest BCUT2D eigenvalue weighted by Crippen LogP contribution is 2.38. The van der Waals surface area contributed by atoms with E-state index >= 15 is 0 Å². The predicted molar refractivity (Wildman–Crippen MR) is 85.0 cm³/mol. The van der Waals surface area contributed by atoms with Gasteiger partial charge in [0.25, 0.3) is 5.56 Å². The van der Waals surface area contributed by atoms with Gasteiger partial charge in [-0.1, -0.05) is 0 Å². The lowest BCUT2D eigenvalue weighted by Crippen LogP contribution is -2.25. The molecule has 1 aliphatic rings. The maximum absolute atomic E-state index is 12.0. The number of ether oxygens (including phenoxy) is 1. The zero-order valence-corrected chi connectivity index (χ0v) is 14.3. The molecule has 1 saturated heterocycles. The number of hydrogen-bond acceptors (Lipinski definition) is 8. The molecule has 0 aromatic carbocycles. The average molecular weight is 389 g/mol. The summed E-state index contributed by atoms with van der Waals surface area (Å²) >= 11 is 0. The van der Waals surface area contributed by atoms with E-state index in [1.54, 1.807) is 0 Å². The van der Waals surface area contributed by atoms with Crippen LogP contribution >= 0.6 is 7.82 Å². The van der Waals surface area contributed by atoms with Crippen molar-refractivity contribution in [2.75, 3.05) is 11.9 Å². The minimum Gasteiger partial charge on any atom is -0.390 e. The first kappa shape index (κ1) is 18.6. The molecule has 142 valence electrons. The van der Waals surface area contributed by atoms with E-state index in [0.29, 0.717) is 0 Å². The first-order valence-corrected chi connectivity index (χ1v) is 8.95. The van der Waals surface area contributed by atoms with Crippen molar-refractivity contribution in [3.63, 3.8) is 0 Å². The lowest BCUT2D eigenvalue weighted by molar-refractivity contribution is -0.114. The van der Waals surface area contributed by atoms with E-state index in [1.165, 1.54) is 17.8 Å². The number of carbonyl (C=O) groups is 1. The number of rotatable bonds is 5. The Bertz CT molecular complexity index is 935. The third-order valence-corrected chi connectivity index (χ3v) is 4.13. The lowest BCUT2D eigenvalue weighted by Gasteiger charge is -2.16. The maximum Gasteiger partial charge on any atom is 0.469 e. The maximum atomic E-state index is 12.0. The van der Waals surface area contributed by atoms with Crippen LogP contribution in [0.25, 0.3) is 11.2 Å². The van der Waals surface area contributed by atoms with Crippen LogP contribution in [-0.4, -0.2) is 59.1 Å². The molecule has 26 heavy (non-hydrogen) atoms. The van der Waals surface area contributed by atoms with Crippen LogP contribution in [0.5, 0.6) is 0 Å². The molecule has 3 heterocycles. The number of aliphatic hydroxyl groups is 1. The largest absolute Gasteiger partial charge is 0.469 e. The smallest absolute Gasteiger partial charge is 0.390 e. The number of anilines is 1. The number of carbonyl (C=O) groups excluding carboxylic acids is 1. The number of nitrogens with zero attached hydrogens (tertiary/aromatic N) is 3. The second-order valence-corrected chi connectivity index (χ2v) is 6.88. The van der Waals surface area contributed by atoms with Crippen LogP contribution in [0.4, 0.5) is 5.95 Å². The van der Waals surface area contributed by atoms with E-state index < -0.39 is 44.3 Å². The molecule has 0 bridgehead atoms. The second-order valence-electron chi connectivity index (χ2n) is 5.64. The summed E-state index contributed by atoms with van der Waals surface area (Å²) in [6, 6.07) is 0. The zero-order valence-electron chi connectivity index (χ0n) is 13.4. The molecular weight excluding hydrogens is 373 g/mol. The molecule has 1 aliphatic heterocycles. The molecule has 0 spiro atoms. The summed E-state index contributed by atoms with van der Waals surface area (Å²) in [5.74, 6) is -0.502. The first-order valence-electron chi connectivity index (χ1n) is 7.42. The molecule has 0 aliphatic carbocycles. The summed E-state index contributed by atoms with van der Waals surface area (Å²) in [5.41, 5.74) is -0.448. The number of hydrogen-bond donors (Lipinski definition) is 5. The molecule has 3 rings (SSSR count). The van der Waals surface area contributed by atoms with Crippen LogP contribution in [0.15, 0.2) is 11.1 Å². The number of aromatic amines is 1. The van der Waals surface area contributed by atoms with Gasteiger partial charge in [0.05, 0.1) is 19.0 Å². The van der Waals surface area contributed by atoms with Gasteiger partial charge < -0.3 is 19.6 Å². The summed E-state index contributed by atoms with van der Waals surface area (Å²) in [6.45, 7) is 0.739. The highest BCUT2D eigenvalue weighted by Gasteiger charge is 2.37. The van der Waals surface area contributed by atoms with Crippen LogP contribution < -0.4 is 10.9 Å². The topological polar surface area (TPSA) is 189 Å². The van der Waals surface area contributed by atoms with E-state index in [-0.39, 0.29) is 23.5 Å². The van der Waals surface area contributed by atoms with Crippen LogP contribution in [0.3, 0.4) is 0 Å². The van der Waals surface area contributed by atoms with Crippen LogP contribution in [0.2, 0.25) is 0 Å². The number of amides is 1. The summed E-state index contributed by atoms with van der Waals surface area (Å²) in [5, 5.41) is 12.4. The number of fused-ring (bicyclic) bond motifs is 1. The van der Waals surface area contributed by atoms with Gasteiger partial charge in [-0.3, -0.25) is 29.0 Å². The number of aromatic nitrogens is 4. The summed E-state index contributed by atoms with van der Waals surface area (Å²) in [4.78, 5) is 51.1. The molecule has 0 radical (unpaired) electrons. The van der Waals surface area contributed by atoms with Crippen molar-refractivity contribution in [3.8, 4) is 0 Å². The quantitative estimate of drug-likeness (QED) is 0.390. The third kappa shape index (κ3) is 3.98. The van der Waals surface area contributed by atoms with Crippen LogP contribution in [0, 0.1) is 0 Å². The fourth-order valence-electron chi connectivity index (χ4n) is 2.57. The fraction of sp³-hybridized carbons (Fsp3) is 0.500. The monoisotopic (exact) mass is 389 g/mol. The van der Waals surface area contributed by atoms with Gasteiger partial charge in [-0.25, -0.2) is 9.55 Å². The number of imidazole rings is 1. The Labute approximate surface area is 145 Å². The van der Waals surface area contributed by atoms with Crippen molar-refractivity contribution in [3.05, 3.63) is 16.7 Å². The molecular formula is C12H16N5O8P. The summed E-state index contributed by atoms with van der Waals surface area (Å²) in [6.07, 6.45) is -1.49. The molecule has 0 saturated carbocycles. The minimum atomic E-state index is -4.70. The number of aliphatic hydroxyl groups excluding tert-OH is 1. The predicted octanol–water partition coefficient (Wildman–Crippen LogP) is -1.16. The van der Waals surface area contributed by atoms with Crippen molar-refractivity contribution in [2.45, 2.75) is 31.8 Å². The van der Waals surface area contributed by atoms with Gasteiger partial charge in [0, 0.05) is 13.3 Å². The molecule has 1 amide bonds. The van der Waals surface area contributed by atoms with Gasteiger partial charge in [-0.05, 0) is 0 Å². The van der Waals surface area contributed by atoms with Crippen molar-refractivity contribution < 1.29 is 33.5 Å². The number of phosphoric acid groups is 1. The Kier molecular flexibility index (Phi) is 4.92. The molecule has 2 aromatic heterocycles. The van der Waals surface area contributed by atoms with Crippen molar-refractivity contribution in [2.24, 2.45) is 0 Å². The van der Waals surface area contributed by atoms with Crippen molar-refractivity contribution in [1.82, 2.24) is 19.5 Å². The first-order chi connectivity index (χ1) is 12.1. The van der Waals surface area contributed by atoms with Gasteiger partial charge in [0.1, 0.15) is 12.3 Å². The van der Waals surface area contributed by atoms with Gasteiger partial charge in [-0.2, -0.15) is 4.98 Å². The fourth-order valence-corrected chi connectivity index (χ4v) is 2.91. The number of nitrogens with one attached hydrogen (secondary N) is 2. The SMILES string of the molecule is CC(=O)Nc1nc2c(ncn2[C@H]2C[C@H](O)[C@@H](COP(=O)(O)O)O2)c(=O)[nH]1. The molecule has 14 heteroatoms. The van der Waals surface area contributed by atoms with E-state index in [4.69, 9.17) is 14.5 Å². The molecule has 1 fully saturated rings.